The fourth-order valence-corrected chi connectivity index (χ4v) is 2.29. The molecule has 0 spiro atoms. The van der Waals surface area contributed by atoms with Crippen LogP contribution in [0.1, 0.15) is 12.1 Å². The maximum atomic E-state index is 11.9. The van der Waals surface area contributed by atoms with Gasteiger partial charge in [0.25, 0.3) is 0 Å². The number of ether oxygens (including phenoxy) is 1. The first kappa shape index (κ1) is 14.0. The predicted molar refractivity (Wildman–Crippen MR) is 65.6 cm³/mol. The van der Waals surface area contributed by atoms with Crippen LogP contribution in [0.2, 0.25) is 0 Å². The Kier molecular flexibility index (Phi) is 4.02. The van der Waals surface area contributed by atoms with Crippen molar-refractivity contribution < 1.29 is 24.2 Å². The van der Waals surface area contributed by atoms with E-state index < -0.39 is 23.9 Å². The summed E-state index contributed by atoms with van der Waals surface area (Å²) in [5, 5.41) is 9.29. The second-order valence-corrected chi connectivity index (χ2v) is 4.61. The molecule has 0 saturated carbocycles. The number of rotatable bonds is 5. The van der Waals surface area contributed by atoms with Gasteiger partial charge in [0.2, 0.25) is 5.91 Å². The van der Waals surface area contributed by atoms with Crippen LogP contribution < -0.4 is 0 Å². The molecule has 1 aliphatic rings. The molecule has 108 valence electrons. The molecule has 20 heavy (non-hydrogen) atoms. The fourth-order valence-electron chi connectivity index (χ4n) is 2.29. The Labute approximate surface area is 114 Å². The number of aliphatic carboxylic acids is 1. The van der Waals surface area contributed by atoms with Gasteiger partial charge in [-0.2, -0.15) is 0 Å². The number of nitrogens with one attached hydrogen (secondary N) is 1. The van der Waals surface area contributed by atoms with E-state index in [-0.39, 0.29) is 25.3 Å². The van der Waals surface area contributed by atoms with E-state index in [2.05, 4.69) is 14.7 Å². The van der Waals surface area contributed by atoms with E-state index in [1.54, 1.807) is 0 Å². The first-order valence-electron chi connectivity index (χ1n) is 6.10. The number of hydrogen-bond donors (Lipinski definition) is 2. The third kappa shape index (κ3) is 2.79. The highest BCUT2D eigenvalue weighted by Crippen LogP contribution is 2.22. The van der Waals surface area contributed by atoms with Crippen molar-refractivity contribution in [2.24, 2.45) is 5.92 Å². The summed E-state index contributed by atoms with van der Waals surface area (Å²) in [4.78, 5) is 42.5. The van der Waals surface area contributed by atoms with Crippen molar-refractivity contribution in [1.29, 1.82) is 0 Å². The molecule has 0 aromatic carbocycles. The fraction of sp³-hybridized carbons (Fsp3) is 0.500. The number of aromatic nitrogens is 2. The second-order valence-electron chi connectivity index (χ2n) is 4.61. The number of imidazole rings is 1. The molecular weight excluding hydrogens is 266 g/mol. The van der Waals surface area contributed by atoms with Gasteiger partial charge in [-0.1, -0.05) is 0 Å². The van der Waals surface area contributed by atoms with Crippen LogP contribution in [0.4, 0.5) is 0 Å². The lowest BCUT2D eigenvalue weighted by molar-refractivity contribution is -0.148. The van der Waals surface area contributed by atoms with E-state index in [0.717, 1.165) is 0 Å². The van der Waals surface area contributed by atoms with Gasteiger partial charge in [0.1, 0.15) is 6.04 Å². The monoisotopic (exact) mass is 281 g/mol. The summed E-state index contributed by atoms with van der Waals surface area (Å²) in [6.45, 7) is 0.0661. The Hall–Kier alpha value is -2.38. The minimum atomic E-state index is -1.11. The minimum Gasteiger partial charge on any atom is -0.480 e. The minimum absolute atomic E-state index is 0.0145. The lowest BCUT2D eigenvalue weighted by Gasteiger charge is -2.24. The number of likely N-dealkylation sites (tertiary alicyclic amines) is 1. The zero-order valence-corrected chi connectivity index (χ0v) is 10.9. The Balaban J connectivity index is 2.12. The Morgan fingerprint density at radius 1 is 1.65 bits per heavy atom. The number of carboxylic acid groups (broad SMARTS) is 1. The van der Waals surface area contributed by atoms with Crippen molar-refractivity contribution in [2.75, 3.05) is 13.7 Å². The van der Waals surface area contributed by atoms with Crippen molar-refractivity contribution in [1.82, 2.24) is 14.9 Å². The van der Waals surface area contributed by atoms with Crippen molar-refractivity contribution >= 4 is 17.8 Å². The van der Waals surface area contributed by atoms with E-state index in [9.17, 15) is 19.5 Å². The standard InChI is InChI=1S/C12H15N3O5/c1-20-12(19)7-2-10(16)15(5-7)9(11(17)18)3-8-4-13-6-14-8/h4,6-7,9H,2-3,5H2,1H3,(H,13,14)(H,17,18)/t7?,9-/m0/s1. The van der Waals surface area contributed by atoms with E-state index in [1.165, 1.54) is 24.5 Å². The smallest absolute Gasteiger partial charge is 0.326 e. The molecule has 1 fully saturated rings. The highest BCUT2D eigenvalue weighted by atomic mass is 16.5. The largest absolute Gasteiger partial charge is 0.480 e. The van der Waals surface area contributed by atoms with Gasteiger partial charge < -0.3 is 19.7 Å². The first-order chi connectivity index (χ1) is 9.52. The molecular formula is C12H15N3O5. The zero-order valence-electron chi connectivity index (χ0n) is 10.9. The van der Waals surface area contributed by atoms with Gasteiger partial charge in [0, 0.05) is 31.3 Å². The zero-order chi connectivity index (χ0) is 14.7. The average molecular weight is 281 g/mol. The van der Waals surface area contributed by atoms with Crippen LogP contribution in [-0.4, -0.2) is 57.5 Å². The topological polar surface area (TPSA) is 113 Å². The second kappa shape index (κ2) is 5.72. The average Bonchev–Trinajstić information content (AvgIpc) is 3.04. The van der Waals surface area contributed by atoms with Crippen molar-refractivity contribution in [3.8, 4) is 0 Å². The van der Waals surface area contributed by atoms with Gasteiger partial charge in [-0.25, -0.2) is 9.78 Å². The molecule has 2 heterocycles. The Morgan fingerprint density at radius 3 is 2.95 bits per heavy atom. The highest BCUT2D eigenvalue weighted by molar-refractivity contribution is 5.90. The molecule has 1 amide bonds. The van der Waals surface area contributed by atoms with Crippen molar-refractivity contribution in [3.05, 3.63) is 18.2 Å². The van der Waals surface area contributed by atoms with Crippen LogP contribution in [0.3, 0.4) is 0 Å². The first-order valence-corrected chi connectivity index (χ1v) is 6.10. The van der Waals surface area contributed by atoms with E-state index in [1.807, 2.05) is 0 Å². The maximum absolute atomic E-state index is 11.9. The number of methoxy groups -OCH3 is 1. The SMILES string of the molecule is COC(=O)C1CC(=O)N([C@@H](Cc2cnc[nH]2)C(=O)O)C1. The summed E-state index contributed by atoms with van der Waals surface area (Å²) in [5.74, 6) is -2.56. The number of H-pyrrole nitrogens is 1. The molecule has 8 nitrogen and oxygen atoms in total. The predicted octanol–water partition coefficient (Wildman–Crippen LogP) is -0.573. The third-order valence-corrected chi connectivity index (χ3v) is 3.32. The molecule has 0 radical (unpaired) electrons. The molecule has 2 N–H and O–H groups in total. The maximum Gasteiger partial charge on any atom is 0.326 e. The lowest BCUT2D eigenvalue weighted by Crippen LogP contribution is -2.44. The number of nitrogens with zero attached hydrogens (tertiary/aromatic N) is 2. The number of carbonyl (C=O) groups is 3. The van der Waals surface area contributed by atoms with Gasteiger partial charge in [-0.3, -0.25) is 9.59 Å². The lowest BCUT2D eigenvalue weighted by atomic mass is 10.1. The van der Waals surface area contributed by atoms with E-state index >= 15 is 0 Å². The Morgan fingerprint density at radius 2 is 2.40 bits per heavy atom. The number of hydrogen-bond acceptors (Lipinski definition) is 5. The molecule has 1 unspecified atom stereocenters. The number of aromatic amines is 1. The van der Waals surface area contributed by atoms with Crippen LogP contribution >= 0.6 is 0 Å². The molecule has 1 aromatic rings. The molecule has 2 rings (SSSR count). The summed E-state index contributed by atoms with van der Waals surface area (Å²) in [5.41, 5.74) is 0.617. The molecule has 8 heteroatoms. The third-order valence-electron chi connectivity index (χ3n) is 3.32. The van der Waals surface area contributed by atoms with E-state index in [4.69, 9.17) is 0 Å². The van der Waals surface area contributed by atoms with Crippen molar-refractivity contribution in [3.63, 3.8) is 0 Å². The molecule has 2 atom stereocenters. The normalized spacial score (nSPS) is 19.9. The van der Waals surface area contributed by atoms with Crippen LogP contribution in [0.25, 0.3) is 0 Å². The number of amides is 1. The van der Waals surface area contributed by atoms with E-state index in [0.29, 0.717) is 5.69 Å². The van der Waals surface area contributed by atoms with Gasteiger partial charge in [0.15, 0.2) is 0 Å². The summed E-state index contributed by atoms with van der Waals surface area (Å²) in [6, 6.07) is -1.02. The van der Waals surface area contributed by atoms with Gasteiger partial charge in [-0.15, -0.1) is 0 Å². The molecule has 0 bridgehead atoms. The van der Waals surface area contributed by atoms with Gasteiger partial charge >= 0.3 is 11.9 Å². The van der Waals surface area contributed by atoms with Crippen molar-refractivity contribution in [2.45, 2.75) is 18.9 Å². The Bertz CT molecular complexity index is 513. The number of carbonyl (C=O) groups excluding carboxylic acids is 2. The highest BCUT2D eigenvalue weighted by Gasteiger charge is 2.41. The molecule has 0 aliphatic carbocycles. The van der Waals surface area contributed by atoms with Crippen LogP contribution in [-0.2, 0) is 25.5 Å². The van der Waals surface area contributed by atoms with Gasteiger partial charge in [-0.05, 0) is 0 Å². The summed E-state index contributed by atoms with van der Waals surface area (Å²) < 4.78 is 4.60. The molecule has 1 aliphatic heterocycles. The quantitative estimate of drug-likeness (QED) is 0.699. The van der Waals surface area contributed by atoms with Crippen LogP contribution in [0.5, 0.6) is 0 Å². The molecule has 1 saturated heterocycles. The molecule has 1 aromatic heterocycles. The summed E-state index contributed by atoms with van der Waals surface area (Å²) in [6.07, 6.45) is 3.06. The summed E-state index contributed by atoms with van der Waals surface area (Å²) >= 11 is 0. The summed E-state index contributed by atoms with van der Waals surface area (Å²) in [7, 11) is 1.24. The van der Waals surface area contributed by atoms with Gasteiger partial charge in [0.05, 0.1) is 19.4 Å². The van der Waals surface area contributed by atoms with Crippen LogP contribution in [0.15, 0.2) is 12.5 Å². The van der Waals surface area contributed by atoms with Crippen LogP contribution in [0, 0.1) is 5.92 Å². The number of carboxylic acids is 1. The number of esters is 1.